The van der Waals surface area contributed by atoms with Gasteiger partial charge in [-0.05, 0) is 25.5 Å². The zero-order valence-electron chi connectivity index (χ0n) is 8.92. The molecule has 0 fully saturated rings. The number of unbranched alkanes of at least 4 members (excludes halogenated alkanes) is 2. The van der Waals surface area contributed by atoms with E-state index in [9.17, 15) is 5.11 Å². The van der Waals surface area contributed by atoms with E-state index in [2.05, 4.69) is 6.92 Å². The van der Waals surface area contributed by atoms with Crippen LogP contribution in [0.2, 0.25) is 0 Å². The first kappa shape index (κ1) is 10.9. The van der Waals surface area contributed by atoms with Gasteiger partial charge in [-0.2, -0.15) is 0 Å². The Morgan fingerprint density at radius 2 is 2.07 bits per heavy atom. The average Bonchev–Trinajstić information content (AvgIpc) is 2.19. The Morgan fingerprint density at radius 1 is 1.29 bits per heavy atom. The summed E-state index contributed by atoms with van der Waals surface area (Å²) >= 11 is 0. The van der Waals surface area contributed by atoms with E-state index < -0.39 is 0 Å². The van der Waals surface area contributed by atoms with Gasteiger partial charge in [-0.25, -0.2) is 0 Å². The van der Waals surface area contributed by atoms with Crippen molar-refractivity contribution in [3.05, 3.63) is 23.8 Å². The number of rotatable bonds is 5. The fraction of sp³-hybridized carbons (Fsp3) is 0.500. The van der Waals surface area contributed by atoms with E-state index in [0.29, 0.717) is 5.75 Å². The van der Waals surface area contributed by atoms with E-state index in [1.54, 1.807) is 12.1 Å². The van der Waals surface area contributed by atoms with Gasteiger partial charge in [-0.3, -0.25) is 0 Å². The van der Waals surface area contributed by atoms with Crippen molar-refractivity contribution in [1.82, 2.24) is 0 Å². The van der Waals surface area contributed by atoms with Gasteiger partial charge < -0.3 is 9.84 Å². The highest BCUT2D eigenvalue weighted by molar-refractivity contribution is 5.42. The van der Waals surface area contributed by atoms with Crippen molar-refractivity contribution in [2.75, 3.05) is 6.61 Å². The van der Waals surface area contributed by atoms with E-state index in [1.165, 1.54) is 12.8 Å². The molecule has 14 heavy (non-hydrogen) atoms. The van der Waals surface area contributed by atoms with E-state index >= 15 is 0 Å². The second-order valence-electron chi connectivity index (χ2n) is 3.46. The van der Waals surface area contributed by atoms with Gasteiger partial charge in [0.05, 0.1) is 6.61 Å². The summed E-state index contributed by atoms with van der Waals surface area (Å²) in [5.74, 6) is 1.10. The molecule has 0 saturated heterocycles. The second kappa shape index (κ2) is 5.53. The highest BCUT2D eigenvalue weighted by Crippen LogP contribution is 2.25. The average molecular weight is 194 g/mol. The predicted molar refractivity (Wildman–Crippen MR) is 57.9 cm³/mol. The van der Waals surface area contributed by atoms with Gasteiger partial charge in [0.15, 0.2) is 0 Å². The molecule has 1 rings (SSSR count). The third-order valence-corrected chi connectivity index (χ3v) is 2.26. The Labute approximate surface area is 85.5 Å². The van der Waals surface area contributed by atoms with Gasteiger partial charge in [-0.1, -0.05) is 25.8 Å². The van der Waals surface area contributed by atoms with Crippen molar-refractivity contribution < 1.29 is 9.84 Å². The predicted octanol–water partition coefficient (Wildman–Crippen LogP) is 3.27. The Balaban J connectivity index is 2.46. The molecule has 0 radical (unpaired) electrons. The molecule has 2 nitrogen and oxygen atoms in total. The molecule has 0 aliphatic carbocycles. The molecule has 0 atom stereocenters. The topological polar surface area (TPSA) is 29.5 Å². The number of phenols is 1. The SMILES string of the molecule is CCCCCOc1cccc(O)c1C. The summed E-state index contributed by atoms with van der Waals surface area (Å²) in [6.45, 7) is 4.77. The van der Waals surface area contributed by atoms with Crippen molar-refractivity contribution >= 4 is 0 Å². The first-order chi connectivity index (χ1) is 6.75. The number of aromatic hydroxyl groups is 1. The second-order valence-corrected chi connectivity index (χ2v) is 3.46. The van der Waals surface area contributed by atoms with Crippen LogP contribution in [0.1, 0.15) is 31.7 Å². The first-order valence-electron chi connectivity index (χ1n) is 5.17. The molecule has 0 aliphatic rings. The molecule has 0 saturated carbocycles. The fourth-order valence-electron chi connectivity index (χ4n) is 1.29. The van der Waals surface area contributed by atoms with Crippen LogP contribution in [0.3, 0.4) is 0 Å². The molecule has 0 unspecified atom stereocenters. The lowest BCUT2D eigenvalue weighted by Gasteiger charge is -2.09. The summed E-state index contributed by atoms with van der Waals surface area (Å²) in [4.78, 5) is 0. The van der Waals surface area contributed by atoms with Gasteiger partial charge in [0.25, 0.3) is 0 Å². The van der Waals surface area contributed by atoms with Gasteiger partial charge in [0.1, 0.15) is 11.5 Å². The van der Waals surface area contributed by atoms with E-state index in [-0.39, 0.29) is 0 Å². The number of hydrogen-bond donors (Lipinski definition) is 1. The molecule has 0 amide bonds. The van der Waals surface area contributed by atoms with Gasteiger partial charge in [0.2, 0.25) is 0 Å². The van der Waals surface area contributed by atoms with Crippen LogP contribution in [-0.4, -0.2) is 11.7 Å². The lowest BCUT2D eigenvalue weighted by molar-refractivity contribution is 0.302. The Morgan fingerprint density at radius 3 is 2.79 bits per heavy atom. The number of benzene rings is 1. The molecule has 0 bridgehead atoms. The monoisotopic (exact) mass is 194 g/mol. The van der Waals surface area contributed by atoms with Gasteiger partial charge in [0, 0.05) is 5.56 Å². The molecule has 0 spiro atoms. The van der Waals surface area contributed by atoms with E-state index in [0.717, 1.165) is 24.3 Å². The quantitative estimate of drug-likeness (QED) is 0.729. The van der Waals surface area contributed by atoms with Crippen LogP contribution in [0, 0.1) is 6.92 Å². The standard InChI is InChI=1S/C12H18O2/c1-3-4-5-9-14-12-8-6-7-11(13)10(12)2/h6-8,13H,3-5,9H2,1-2H3. The van der Waals surface area contributed by atoms with Gasteiger partial charge >= 0.3 is 0 Å². The number of phenolic OH excluding ortho intramolecular Hbond substituents is 1. The molecule has 78 valence electrons. The molecule has 2 heteroatoms. The summed E-state index contributed by atoms with van der Waals surface area (Å²) in [6.07, 6.45) is 3.46. The van der Waals surface area contributed by atoms with Crippen LogP contribution in [0.4, 0.5) is 0 Å². The molecule has 1 N–H and O–H groups in total. The van der Waals surface area contributed by atoms with Crippen LogP contribution in [0.25, 0.3) is 0 Å². The minimum absolute atomic E-state index is 0.304. The Bertz CT molecular complexity index is 282. The minimum Gasteiger partial charge on any atom is -0.508 e. The van der Waals surface area contributed by atoms with E-state index in [1.807, 2.05) is 13.0 Å². The lowest BCUT2D eigenvalue weighted by atomic mass is 10.2. The Hall–Kier alpha value is -1.18. The summed E-state index contributed by atoms with van der Waals surface area (Å²) in [5.41, 5.74) is 0.823. The van der Waals surface area contributed by atoms with E-state index in [4.69, 9.17) is 4.74 Å². The normalized spacial score (nSPS) is 10.1. The third kappa shape index (κ3) is 2.95. The summed E-state index contributed by atoms with van der Waals surface area (Å²) in [7, 11) is 0. The Kier molecular flexibility index (Phi) is 4.30. The van der Waals surface area contributed by atoms with Crippen LogP contribution in [-0.2, 0) is 0 Å². The molecular weight excluding hydrogens is 176 g/mol. The number of hydrogen-bond acceptors (Lipinski definition) is 2. The summed E-state index contributed by atoms with van der Waals surface area (Å²) < 4.78 is 5.56. The van der Waals surface area contributed by atoms with Crippen molar-refractivity contribution in [2.45, 2.75) is 33.1 Å². The fourth-order valence-corrected chi connectivity index (χ4v) is 1.29. The molecule has 0 aliphatic heterocycles. The van der Waals surface area contributed by atoms with Crippen LogP contribution in [0.15, 0.2) is 18.2 Å². The highest BCUT2D eigenvalue weighted by atomic mass is 16.5. The highest BCUT2D eigenvalue weighted by Gasteiger charge is 2.02. The summed E-state index contributed by atoms with van der Waals surface area (Å²) in [5, 5.41) is 9.42. The molecule has 0 heterocycles. The number of ether oxygens (including phenoxy) is 1. The largest absolute Gasteiger partial charge is 0.508 e. The van der Waals surface area contributed by atoms with Crippen LogP contribution >= 0.6 is 0 Å². The molecular formula is C12H18O2. The molecule has 1 aromatic carbocycles. The van der Waals surface area contributed by atoms with Crippen LogP contribution < -0.4 is 4.74 Å². The maximum Gasteiger partial charge on any atom is 0.125 e. The van der Waals surface area contributed by atoms with Crippen molar-refractivity contribution in [3.8, 4) is 11.5 Å². The smallest absolute Gasteiger partial charge is 0.125 e. The molecule has 1 aromatic rings. The zero-order chi connectivity index (χ0) is 10.4. The van der Waals surface area contributed by atoms with Crippen molar-refractivity contribution in [3.63, 3.8) is 0 Å². The van der Waals surface area contributed by atoms with Gasteiger partial charge in [-0.15, -0.1) is 0 Å². The first-order valence-corrected chi connectivity index (χ1v) is 5.17. The minimum atomic E-state index is 0.304. The third-order valence-electron chi connectivity index (χ3n) is 2.26. The maximum atomic E-state index is 9.42. The summed E-state index contributed by atoms with van der Waals surface area (Å²) in [6, 6.07) is 5.37. The van der Waals surface area contributed by atoms with Crippen molar-refractivity contribution in [1.29, 1.82) is 0 Å². The van der Waals surface area contributed by atoms with Crippen LogP contribution in [0.5, 0.6) is 11.5 Å². The molecule has 0 aromatic heterocycles. The zero-order valence-corrected chi connectivity index (χ0v) is 8.92. The lowest BCUT2D eigenvalue weighted by Crippen LogP contribution is -1.98. The maximum absolute atomic E-state index is 9.42. The van der Waals surface area contributed by atoms with Crippen molar-refractivity contribution in [2.24, 2.45) is 0 Å².